The zero-order valence-electron chi connectivity index (χ0n) is 23.1. The number of hydrogen-bond acceptors (Lipinski definition) is 6. The van der Waals surface area contributed by atoms with Crippen LogP contribution in [0.25, 0.3) is 22.0 Å². The smallest absolute Gasteiger partial charge is 0.534 e. The molecule has 0 aliphatic carbocycles. The summed E-state index contributed by atoms with van der Waals surface area (Å²) in [5, 5.41) is 4.84. The third-order valence-corrected chi connectivity index (χ3v) is 7.61. The molecule has 0 spiro atoms. The number of benzene rings is 2. The van der Waals surface area contributed by atoms with Gasteiger partial charge in [-0.15, -0.1) is 0 Å². The molecule has 1 unspecified atom stereocenters. The summed E-state index contributed by atoms with van der Waals surface area (Å²) in [5.41, 5.74) is 2.30. The van der Waals surface area contributed by atoms with E-state index in [-0.39, 0.29) is 17.9 Å². The largest absolute Gasteiger partial charge is 0.563 e. The molecule has 2 N–H and O–H groups in total. The first-order chi connectivity index (χ1) is 18.6. The van der Waals surface area contributed by atoms with E-state index in [9.17, 15) is 9.59 Å². The van der Waals surface area contributed by atoms with Gasteiger partial charge in [-0.25, -0.2) is 9.78 Å². The van der Waals surface area contributed by atoms with Crippen molar-refractivity contribution in [2.45, 2.75) is 58.2 Å². The Morgan fingerprint density at radius 3 is 2.67 bits per heavy atom. The van der Waals surface area contributed by atoms with Crippen molar-refractivity contribution in [3.63, 3.8) is 0 Å². The number of hydrogen-bond donors (Lipinski definition) is 2. The lowest BCUT2D eigenvalue weighted by atomic mass is 9.78. The monoisotopic (exact) mass is 530 g/mol. The van der Waals surface area contributed by atoms with Crippen LogP contribution in [0.3, 0.4) is 0 Å². The number of carbonyl (C=O) groups is 2. The van der Waals surface area contributed by atoms with Crippen molar-refractivity contribution >= 4 is 35.4 Å². The van der Waals surface area contributed by atoms with Gasteiger partial charge in [0.2, 0.25) is 5.91 Å². The van der Waals surface area contributed by atoms with Crippen molar-refractivity contribution < 1.29 is 23.6 Å². The molecular weight excluding hydrogens is 495 g/mol. The zero-order valence-corrected chi connectivity index (χ0v) is 23.1. The molecule has 0 saturated carbocycles. The quantitative estimate of drug-likeness (QED) is 0.461. The molecule has 2 aliphatic rings. The SMILES string of the molecule is C=C1OB(c2ccc3cc(-c4cnc(C5CCCN5C(=O)[C@@H](NC(=O)OC)C(C)C)[nH]4)ccc3c2)OC1(C)C. The number of fused-ring (bicyclic) bond motifs is 1. The summed E-state index contributed by atoms with van der Waals surface area (Å²) < 4.78 is 16.6. The second kappa shape index (κ2) is 10.4. The highest BCUT2D eigenvalue weighted by molar-refractivity contribution is 6.62. The average molecular weight is 530 g/mol. The van der Waals surface area contributed by atoms with E-state index in [1.165, 1.54) is 7.11 Å². The van der Waals surface area contributed by atoms with Crippen molar-refractivity contribution in [3.05, 3.63) is 60.8 Å². The predicted molar refractivity (Wildman–Crippen MR) is 150 cm³/mol. The highest BCUT2D eigenvalue weighted by Crippen LogP contribution is 2.33. The van der Waals surface area contributed by atoms with Crippen molar-refractivity contribution in [3.8, 4) is 11.3 Å². The molecule has 2 atom stereocenters. The molecule has 2 aromatic carbocycles. The van der Waals surface area contributed by atoms with Gasteiger partial charge in [-0.3, -0.25) is 4.79 Å². The van der Waals surface area contributed by atoms with Crippen molar-refractivity contribution in [2.24, 2.45) is 5.92 Å². The molecule has 9 nitrogen and oxygen atoms in total. The molecule has 2 aliphatic heterocycles. The van der Waals surface area contributed by atoms with Crippen LogP contribution in [0.2, 0.25) is 0 Å². The summed E-state index contributed by atoms with van der Waals surface area (Å²) in [5.74, 6) is 1.16. The number of carbonyl (C=O) groups excluding carboxylic acids is 2. The molecule has 3 heterocycles. The Balaban J connectivity index is 1.34. The highest BCUT2D eigenvalue weighted by Gasteiger charge is 2.43. The molecule has 1 aromatic heterocycles. The van der Waals surface area contributed by atoms with E-state index in [1.54, 1.807) is 0 Å². The van der Waals surface area contributed by atoms with Crippen LogP contribution in [-0.4, -0.2) is 59.3 Å². The van der Waals surface area contributed by atoms with E-state index in [0.29, 0.717) is 12.3 Å². The number of aromatic nitrogens is 2. The summed E-state index contributed by atoms with van der Waals surface area (Å²) in [7, 11) is 0.824. The van der Waals surface area contributed by atoms with Crippen LogP contribution in [0.15, 0.2) is 54.9 Å². The molecule has 3 aromatic rings. The van der Waals surface area contributed by atoms with Crippen molar-refractivity contribution in [1.29, 1.82) is 0 Å². The summed E-state index contributed by atoms with van der Waals surface area (Å²) in [6.45, 7) is 12.3. The maximum absolute atomic E-state index is 13.4. The number of likely N-dealkylation sites (tertiary alicyclic amines) is 1. The Morgan fingerprint density at radius 1 is 1.23 bits per heavy atom. The summed E-state index contributed by atoms with van der Waals surface area (Å²) >= 11 is 0. The van der Waals surface area contributed by atoms with Gasteiger partial charge in [-0.1, -0.05) is 50.8 Å². The van der Waals surface area contributed by atoms with Gasteiger partial charge in [-0.05, 0) is 54.9 Å². The normalized spacial score (nSPS) is 19.4. The van der Waals surface area contributed by atoms with Crippen LogP contribution in [0.1, 0.15) is 52.4 Å². The second-order valence-corrected chi connectivity index (χ2v) is 11.1. The van der Waals surface area contributed by atoms with Gasteiger partial charge in [0.25, 0.3) is 0 Å². The van der Waals surface area contributed by atoms with E-state index >= 15 is 0 Å². The molecule has 39 heavy (non-hydrogen) atoms. The molecule has 0 bridgehead atoms. The van der Waals surface area contributed by atoms with Crippen LogP contribution in [-0.2, 0) is 18.8 Å². The lowest BCUT2D eigenvalue weighted by Crippen LogP contribution is -2.51. The van der Waals surface area contributed by atoms with E-state index in [0.717, 1.165) is 46.2 Å². The molecule has 204 valence electrons. The number of amides is 2. The molecule has 0 radical (unpaired) electrons. The third-order valence-electron chi connectivity index (χ3n) is 7.61. The first kappa shape index (κ1) is 26.8. The minimum absolute atomic E-state index is 0.0831. The zero-order chi connectivity index (χ0) is 27.9. The minimum Gasteiger partial charge on any atom is -0.534 e. The topological polar surface area (TPSA) is 106 Å². The van der Waals surface area contributed by atoms with Gasteiger partial charge in [0.1, 0.15) is 17.5 Å². The summed E-state index contributed by atoms with van der Waals surface area (Å²) in [6.07, 6.45) is 2.87. The van der Waals surface area contributed by atoms with Crippen molar-refractivity contribution in [2.75, 3.05) is 13.7 Å². The Hall–Kier alpha value is -3.79. The van der Waals surface area contributed by atoms with E-state index in [2.05, 4.69) is 52.2 Å². The minimum atomic E-state index is -0.665. The number of imidazole rings is 1. The number of nitrogens with one attached hydrogen (secondary N) is 2. The van der Waals surface area contributed by atoms with Crippen LogP contribution >= 0.6 is 0 Å². The highest BCUT2D eigenvalue weighted by atomic mass is 16.7. The number of aromatic amines is 1. The van der Waals surface area contributed by atoms with Gasteiger partial charge in [0.15, 0.2) is 0 Å². The first-order valence-corrected chi connectivity index (χ1v) is 13.3. The second-order valence-electron chi connectivity index (χ2n) is 11.1. The molecule has 2 fully saturated rings. The lowest BCUT2D eigenvalue weighted by molar-refractivity contribution is -0.135. The Kier molecular flexibility index (Phi) is 7.16. The fourth-order valence-electron chi connectivity index (χ4n) is 5.19. The Morgan fingerprint density at radius 2 is 1.97 bits per heavy atom. The molecule has 5 rings (SSSR count). The number of methoxy groups -OCH3 is 1. The number of ether oxygens (including phenoxy) is 1. The van der Waals surface area contributed by atoms with Crippen molar-refractivity contribution in [1.82, 2.24) is 20.2 Å². The van der Waals surface area contributed by atoms with Gasteiger partial charge < -0.3 is 29.2 Å². The molecule has 10 heteroatoms. The summed E-state index contributed by atoms with van der Waals surface area (Å²) in [4.78, 5) is 35.2. The van der Waals surface area contributed by atoms with Crippen LogP contribution in [0.4, 0.5) is 4.79 Å². The van der Waals surface area contributed by atoms with Crippen LogP contribution < -0.4 is 10.8 Å². The van der Waals surface area contributed by atoms with E-state index < -0.39 is 24.9 Å². The number of alkyl carbamates (subject to hydrolysis) is 1. The molecule has 2 amide bonds. The van der Waals surface area contributed by atoms with Crippen LogP contribution in [0, 0.1) is 5.92 Å². The van der Waals surface area contributed by atoms with Gasteiger partial charge in [0, 0.05) is 12.1 Å². The summed E-state index contributed by atoms with van der Waals surface area (Å²) in [6, 6.07) is 11.5. The standard InChI is InChI=1S/C29H35BN4O5/c1-17(2)25(33-28(36)37-6)27(35)34-13-7-8-24(34)26-31-16-23(32-26)21-10-9-20-15-22(12-11-19(20)14-21)30-38-18(3)29(4,5)39-30/h9-12,14-17,24-25H,3,7-8,13H2,1-2,4-6H3,(H,31,32)(H,33,36)/t24?,25-/m0/s1. The average Bonchev–Trinajstić information content (AvgIpc) is 3.65. The van der Waals surface area contributed by atoms with Crippen LogP contribution in [0.5, 0.6) is 0 Å². The number of H-pyrrole nitrogens is 1. The van der Waals surface area contributed by atoms with Gasteiger partial charge in [-0.2, -0.15) is 0 Å². The fourth-order valence-corrected chi connectivity index (χ4v) is 5.19. The molecular formula is C29H35BN4O5. The maximum atomic E-state index is 13.4. The Labute approximate surface area is 229 Å². The van der Waals surface area contributed by atoms with Gasteiger partial charge in [0.05, 0.1) is 30.8 Å². The first-order valence-electron chi connectivity index (χ1n) is 13.3. The van der Waals surface area contributed by atoms with E-state index in [4.69, 9.17) is 14.0 Å². The van der Waals surface area contributed by atoms with E-state index in [1.807, 2.05) is 44.9 Å². The molecule has 2 saturated heterocycles. The number of nitrogens with zero attached hydrogens (tertiary/aromatic N) is 2. The number of rotatable bonds is 6. The van der Waals surface area contributed by atoms with Gasteiger partial charge >= 0.3 is 13.2 Å². The fraction of sp³-hybridized carbons (Fsp3) is 0.414. The maximum Gasteiger partial charge on any atom is 0.563 e. The predicted octanol–water partition coefficient (Wildman–Crippen LogP) is 4.31. The third kappa shape index (κ3) is 5.25. The lowest BCUT2D eigenvalue weighted by Gasteiger charge is -2.30. The Bertz CT molecular complexity index is 1420.